The molecular formula is C16H34N2. The van der Waals surface area contributed by atoms with Gasteiger partial charge >= 0.3 is 0 Å². The Labute approximate surface area is 115 Å². The molecule has 0 spiro atoms. The molecule has 0 aromatic heterocycles. The highest BCUT2D eigenvalue weighted by Crippen LogP contribution is 2.12. The fraction of sp³-hybridized carbons (Fsp3) is 1.00. The average molecular weight is 254 g/mol. The molecule has 1 saturated heterocycles. The number of hydrogen-bond donors (Lipinski definition) is 1. The Hall–Kier alpha value is -0.0800. The summed E-state index contributed by atoms with van der Waals surface area (Å²) in [5.74, 6) is 0. The van der Waals surface area contributed by atoms with Gasteiger partial charge in [-0.05, 0) is 32.5 Å². The largest absolute Gasteiger partial charge is 0.315 e. The highest BCUT2D eigenvalue weighted by molar-refractivity contribution is 4.79. The van der Waals surface area contributed by atoms with Gasteiger partial charge in [0.1, 0.15) is 0 Å². The summed E-state index contributed by atoms with van der Waals surface area (Å²) < 4.78 is 0. The summed E-state index contributed by atoms with van der Waals surface area (Å²) in [5, 5.41) is 3.48. The first-order chi connectivity index (χ1) is 8.88. The first-order valence-electron chi connectivity index (χ1n) is 8.33. The molecule has 0 aromatic carbocycles. The lowest BCUT2D eigenvalue weighted by Gasteiger charge is -2.26. The molecule has 108 valence electrons. The fourth-order valence-electron chi connectivity index (χ4n) is 3.00. The summed E-state index contributed by atoms with van der Waals surface area (Å²) in [6.07, 6.45) is 12.8. The molecule has 0 bridgehead atoms. The predicted molar refractivity (Wildman–Crippen MR) is 81.1 cm³/mol. The molecule has 18 heavy (non-hydrogen) atoms. The molecule has 1 rings (SSSR count). The molecule has 1 aliphatic heterocycles. The Morgan fingerprint density at radius 3 is 2.17 bits per heavy atom. The third kappa shape index (κ3) is 6.75. The van der Waals surface area contributed by atoms with Gasteiger partial charge in [-0.1, -0.05) is 58.8 Å². The number of unbranched alkanes of at least 4 members (excludes halogenated alkanes) is 7. The van der Waals surface area contributed by atoms with E-state index in [9.17, 15) is 0 Å². The van der Waals surface area contributed by atoms with Crippen molar-refractivity contribution in [3.63, 3.8) is 0 Å². The zero-order chi connectivity index (χ0) is 13.1. The van der Waals surface area contributed by atoms with Crippen LogP contribution in [0.2, 0.25) is 0 Å². The van der Waals surface area contributed by atoms with Crippen LogP contribution in [0.1, 0.15) is 71.6 Å². The third-order valence-electron chi connectivity index (χ3n) is 4.26. The maximum absolute atomic E-state index is 3.48. The summed E-state index contributed by atoms with van der Waals surface area (Å²) in [7, 11) is 0. The third-order valence-corrected chi connectivity index (χ3v) is 4.26. The SMILES string of the molecule is CCCCCCCCCCN(CC)C1CCNC1. The molecular weight excluding hydrogens is 220 g/mol. The zero-order valence-corrected chi connectivity index (χ0v) is 12.7. The van der Waals surface area contributed by atoms with E-state index in [0.29, 0.717) is 0 Å². The summed E-state index contributed by atoms with van der Waals surface area (Å²) in [4.78, 5) is 2.68. The first-order valence-corrected chi connectivity index (χ1v) is 8.33. The molecule has 1 unspecified atom stereocenters. The first kappa shape index (κ1) is 16.0. The van der Waals surface area contributed by atoms with Crippen LogP contribution in [-0.4, -0.2) is 37.1 Å². The highest BCUT2D eigenvalue weighted by atomic mass is 15.2. The summed E-state index contributed by atoms with van der Waals surface area (Å²) in [5.41, 5.74) is 0. The van der Waals surface area contributed by atoms with E-state index >= 15 is 0 Å². The van der Waals surface area contributed by atoms with Crippen molar-refractivity contribution in [3.05, 3.63) is 0 Å². The number of nitrogens with one attached hydrogen (secondary N) is 1. The predicted octanol–water partition coefficient (Wildman–Crippen LogP) is 3.81. The van der Waals surface area contributed by atoms with Crippen LogP contribution in [-0.2, 0) is 0 Å². The van der Waals surface area contributed by atoms with Crippen LogP contribution >= 0.6 is 0 Å². The van der Waals surface area contributed by atoms with E-state index in [1.165, 1.54) is 84.0 Å². The monoisotopic (exact) mass is 254 g/mol. The van der Waals surface area contributed by atoms with Crippen LogP contribution in [0.5, 0.6) is 0 Å². The molecule has 0 saturated carbocycles. The van der Waals surface area contributed by atoms with E-state index in [2.05, 4.69) is 24.1 Å². The molecule has 1 fully saturated rings. The summed E-state index contributed by atoms with van der Waals surface area (Å²) in [6.45, 7) is 9.57. The van der Waals surface area contributed by atoms with Gasteiger partial charge < -0.3 is 5.32 Å². The maximum Gasteiger partial charge on any atom is 0.0232 e. The Balaban J connectivity index is 1.92. The molecule has 1 N–H and O–H groups in total. The van der Waals surface area contributed by atoms with E-state index in [1.54, 1.807) is 0 Å². The van der Waals surface area contributed by atoms with E-state index in [4.69, 9.17) is 0 Å². The molecule has 0 aliphatic carbocycles. The minimum absolute atomic E-state index is 0.819. The van der Waals surface area contributed by atoms with Gasteiger partial charge in [0.25, 0.3) is 0 Å². The topological polar surface area (TPSA) is 15.3 Å². The Bertz CT molecular complexity index is 176. The second-order valence-electron chi connectivity index (χ2n) is 5.75. The van der Waals surface area contributed by atoms with Crippen LogP contribution in [0.4, 0.5) is 0 Å². The van der Waals surface area contributed by atoms with Gasteiger partial charge in [-0.2, -0.15) is 0 Å². The van der Waals surface area contributed by atoms with Gasteiger partial charge in [-0.3, -0.25) is 4.90 Å². The lowest BCUT2D eigenvalue weighted by molar-refractivity contribution is 0.214. The van der Waals surface area contributed by atoms with Crippen molar-refractivity contribution in [2.24, 2.45) is 0 Å². The highest BCUT2D eigenvalue weighted by Gasteiger charge is 2.19. The van der Waals surface area contributed by atoms with Crippen molar-refractivity contribution in [1.82, 2.24) is 10.2 Å². The van der Waals surface area contributed by atoms with Crippen molar-refractivity contribution >= 4 is 0 Å². The van der Waals surface area contributed by atoms with Crippen LogP contribution < -0.4 is 5.32 Å². The van der Waals surface area contributed by atoms with Crippen LogP contribution in [0.25, 0.3) is 0 Å². The van der Waals surface area contributed by atoms with E-state index in [-0.39, 0.29) is 0 Å². The fourth-order valence-corrected chi connectivity index (χ4v) is 3.00. The number of nitrogens with zero attached hydrogens (tertiary/aromatic N) is 1. The van der Waals surface area contributed by atoms with Gasteiger partial charge in [0, 0.05) is 12.6 Å². The second kappa shape index (κ2) is 10.8. The van der Waals surface area contributed by atoms with Crippen LogP contribution in [0, 0.1) is 0 Å². The standard InChI is InChI=1S/C16H34N2/c1-3-5-6-7-8-9-10-11-14-18(4-2)16-12-13-17-15-16/h16-17H,3-15H2,1-2H3. The lowest BCUT2D eigenvalue weighted by Crippen LogP contribution is -2.37. The number of rotatable bonds is 11. The van der Waals surface area contributed by atoms with Gasteiger partial charge in [0.15, 0.2) is 0 Å². The van der Waals surface area contributed by atoms with Crippen molar-refractivity contribution in [1.29, 1.82) is 0 Å². The van der Waals surface area contributed by atoms with E-state index < -0.39 is 0 Å². The van der Waals surface area contributed by atoms with Gasteiger partial charge in [-0.25, -0.2) is 0 Å². The Morgan fingerprint density at radius 1 is 0.944 bits per heavy atom. The summed E-state index contributed by atoms with van der Waals surface area (Å²) >= 11 is 0. The Kier molecular flexibility index (Phi) is 9.59. The van der Waals surface area contributed by atoms with Gasteiger partial charge in [-0.15, -0.1) is 0 Å². The van der Waals surface area contributed by atoms with E-state index in [0.717, 1.165) is 6.04 Å². The maximum atomic E-state index is 3.48. The second-order valence-corrected chi connectivity index (χ2v) is 5.75. The minimum atomic E-state index is 0.819. The van der Waals surface area contributed by atoms with Crippen LogP contribution in [0.15, 0.2) is 0 Å². The van der Waals surface area contributed by atoms with Crippen molar-refractivity contribution in [2.75, 3.05) is 26.2 Å². The lowest BCUT2D eigenvalue weighted by atomic mass is 10.1. The van der Waals surface area contributed by atoms with Crippen molar-refractivity contribution in [2.45, 2.75) is 77.7 Å². The molecule has 1 aliphatic rings. The Morgan fingerprint density at radius 2 is 1.61 bits per heavy atom. The zero-order valence-electron chi connectivity index (χ0n) is 12.7. The molecule has 2 nitrogen and oxygen atoms in total. The number of hydrogen-bond acceptors (Lipinski definition) is 2. The normalized spacial score (nSPS) is 19.8. The smallest absolute Gasteiger partial charge is 0.0232 e. The molecule has 0 amide bonds. The summed E-state index contributed by atoms with van der Waals surface area (Å²) in [6, 6.07) is 0.819. The van der Waals surface area contributed by atoms with Crippen molar-refractivity contribution in [3.8, 4) is 0 Å². The molecule has 1 atom stereocenters. The van der Waals surface area contributed by atoms with Gasteiger partial charge in [0.05, 0.1) is 0 Å². The minimum Gasteiger partial charge on any atom is -0.315 e. The van der Waals surface area contributed by atoms with E-state index in [1.807, 2.05) is 0 Å². The molecule has 2 heteroatoms. The molecule has 1 heterocycles. The molecule has 0 radical (unpaired) electrons. The van der Waals surface area contributed by atoms with Gasteiger partial charge in [0.2, 0.25) is 0 Å². The quantitative estimate of drug-likeness (QED) is 0.564. The number of likely N-dealkylation sites (N-methyl/N-ethyl adjacent to an activating group) is 1. The van der Waals surface area contributed by atoms with Crippen molar-refractivity contribution < 1.29 is 0 Å². The van der Waals surface area contributed by atoms with Crippen LogP contribution in [0.3, 0.4) is 0 Å². The average Bonchev–Trinajstić information content (AvgIpc) is 2.91. The molecule has 0 aromatic rings.